The average Bonchev–Trinajstić information content (AvgIpc) is 3.26. The van der Waals surface area contributed by atoms with Crippen LogP contribution in [0.15, 0.2) is 72.5 Å². The molecule has 1 heterocycles. The maximum atomic E-state index is 8.66. The second kappa shape index (κ2) is 6.12. The fourth-order valence-electron chi connectivity index (χ4n) is 2.16. The predicted molar refractivity (Wildman–Crippen MR) is 109 cm³/mol. The molecule has 0 saturated carbocycles. The zero-order chi connectivity index (χ0) is 27.9. The summed E-state index contributed by atoms with van der Waals surface area (Å²) in [6.45, 7) is 5.48. The number of benzene rings is 3. The zero-order valence-electron chi connectivity index (χ0n) is 25.9. The highest BCUT2D eigenvalue weighted by molar-refractivity contribution is 7.21. The molecule has 0 fully saturated rings. The number of thiazole rings is 1. The van der Waals surface area contributed by atoms with E-state index in [1.54, 1.807) is 0 Å². The van der Waals surface area contributed by atoms with Gasteiger partial charge in [0.25, 0.3) is 0 Å². The molecule has 25 heavy (non-hydrogen) atoms. The summed E-state index contributed by atoms with van der Waals surface area (Å²) in [5.74, 6) is 0. The minimum atomic E-state index is -0.657. The zero-order valence-corrected chi connectivity index (χ0v) is 14.7. The molecule has 0 spiro atoms. The van der Waals surface area contributed by atoms with Gasteiger partial charge >= 0.3 is 0 Å². The summed E-state index contributed by atoms with van der Waals surface area (Å²) >= 11 is 0.923. The normalized spacial score (nSPS) is 18.5. The standard InChI is InChI=1S/C23H21NS/c1-23(2,3)19-13-14-20-21(15-19)25-22(24-20)18-11-9-17(10-12-18)16-7-5-4-6-8-16/h4-15H,1-3H3/i4D,5D,6D,7D,8D,9D,10D,11D,12D,13D,14D,15D. The van der Waals surface area contributed by atoms with Gasteiger partial charge in [0.05, 0.1) is 26.7 Å². The molecule has 4 rings (SSSR count). The number of fused-ring (bicyclic) bond motifs is 1. The fraction of sp³-hybridized carbons (Fsp3) is 0.174. The van der Waals surface area contributed by atoms with Gasteiger partial charge in [-0.2, -0.15) is 0 Å². The Hall–Kier alpha value is -2.45. The third-order valence-corrected chi connectivity index (χ3v) is 4.50. The Balaban J connectivity index is 2.06. The third-order valence-electron chi connectivity index (χ3n) is 3.51. The van der Waals surface area contributed by atoms with E-state index in [4.69, 9.17) is 16.4 Å². The summed E-state index contributed by atoms with van der Waals surface area (Å²) in [5, 5.41) is 0.0204. The van der Waals surface area contributed by atoms with Crippen molar-refractivity contribution in [3.63, 3.8) is 0 Å². The van der Waals surface area contributed by atoms with Crippen LogP contribution < -0.4 is 0 Å². The van der Waals surface area contributed by atoms with E-state index in [1.807, 2.05) is 20.8 Å². The van der Waals surface area contributed by atoms with E-state index in [-0.39, 0.29) is 38.9 Å². The minimum absolute atomic E-state index is 0.0123. The van der Waals surface area contributed by atoms with Gasteiger partial charge in [0.15, 0.2) is 0 Å². The molecule has 3 aromatic carbocycles. The molecule has 0 aliphatic rings. The Labute approximate surface area is 169 Å². The summed E-state index contributed by atoms with van der Waals surface area (Å²) in [5.41, 5.74) is -1.25. The molecule has 0 N–H and O–H groups in total. The molecule has 0 aliphatic heterocycles. The maximum absolute atomic E-state index is 8.66. The topological polar surface area (TPSA) is 12.9 Å². The number of rotatable bonds is 2. The second-order valence-corrected chi connectivity index (χ2v) is 7.45. The average molecular weight is 356 g/mol. The first-order chi connectivity index (χ1) is 17.0. The van der Waals surface area contributed by atoms with Crippen molar-refractivity contribution < 1.29 is 16.4 Å². The smallest absolute Gasteiger partial charge is 0.124 e. The largest absolute Gasteiger partial charge is 0.236 e. The lowest BCUT2D eigenvalue weighted by Crippen LogP contribution is -2.10. The van der Waals surface area contributed by atoms with Gasteiger partial charge in [0.2, 0.25) is 0 Å². The molecule has 0 atom stereocenters. The van der Waals surface area contributed by atoms with Crippen molar-refractivity contribution >= 4 is 21.6 Å². The van der Waals surface area contributed by atoms with E-state index in [2.05, 4.69) is 4.98 Å². The summed E-state index contributed by atoms with van der Waals surface area (Å²) < 4.78 is 100. The Bertz CT molecular complexity index is 1580. The van der Waals surface area contributed by atoms with Crippen molar-refractivity contribution in [3.05, 3.63) is 78.1 Å². The summed E-state index contributed by atoms with van der Waals surface area (Å²) in [6.07, 6.45) is 0. The van der Waals surface area contributed by atoms with E-state index < -0.39 is 70.9 Å². The van der Waals surface area contributed by atoms with Crippen LogP contribution >= 0.6 is 11.3 Å². The van der Waals surface area contributed by atoms with Crippen LogP contribution in [0.3, 0.4) is 0 Å². The van der Waals surface area contributed by atoms with Gasteiger partial charge < -0.3 is 0 Å². The van der Waals surface area contributed by atoms with Gasteiger partial charge in [-0.15, -0.1) is 11.3 Å². The van der Waals surface area contributed by atoms with Crippen LogP contribution in [0.2, 0.25) is 0 Å². The lowest BCUT2D eigenvalue weighted by Gasteiger charge is -2.18. The van der Waals surface area contributed by atoms with E-state index in [0.29, 0.717) is 5.56 Å². The van der Waals surface area contributed by atoms with Gasteiger partial charge in [0, 0.05) is 5.56 Å². The molecule has 1 aromatic heterocycles. The van der Waals surface area contributed by atoms with Crippen LogP contribution in [0.5, 0.6) is 0 Å². The maximum Gasteiger partial charge on any atom is 0.124 e. The molecule has 1 nitrogen and oxygen atoms in total. The summed E-state index contributed by atoms with van der Waals surface area (Å²) in [7, 11) is 0. The van der Waals surface area contributed by atoms with E-state index in [0.717, 1.165) is 11.3 Å². The summed E-state index contributed by atoms with van der Waals surface area (Å²) in [4.78, 5) is 4.33. The Morgan fingerprint density at radius 2 is 1.44 bits per heavy atom. The second-order valence-electron chi connectivity index (χ2n) is 6.45. The molecule has 124 valence electrons. The Morgan fingerprint density at radius 1 is 0.800 bits per heavy atom. The fourth-order valence-corrected chi connectivity index (χ4v) is 3.04. The van der Waals surface area contributed by atoms with Crippen molar-refractivity contribution in [1.29, 1.82) is 0 Å². The molecule has 4 aromatic rings. The first-order valence-corrected chi connectivity index (χ1v) is 8.42. The molecule has 0 saturated heterocycles. The van der Waals surface area contributed by atoms with Crippen LogP contribution in [-0.2, 0) is 5.41 Å². The van der Waals surface area contributed by atoms with Crippen LogP contribution in [0.25, 0.3) is 31.9 Å². The van der Waals surface area contributed by atoms with E-state index in [1.165, 1.54) is 0 Å². The van der Waals surface area contributed by atoms with Crippen LogP contribution in [0.4, 0.5) is 0 Å². The van der Waals surface area contributed by atoms with Gasteiger partial charge in [0.1, 0.15) is 5.01 Å². The van der Waals surface area contributed by atoms with Gasteiger partial charge in [-0.1, -0.05) is 81.2 Å². The SMILES string of the molecule is [2H]c1c([2H])c([2H])c(-c2c([2H])c([2H])c(-c3nc4c([2H])c([2H])c(C(C)(C)C)c([2H])c4s3)c([2H])c2[2H])c([2H])c1[2H]. The van der Waals surface area contributed by atoms with E-state index >= 15 is 0 Å². The first kappa shape index (κ1) is 7.43. The van der Waals surface area contributed by atoms with Crippen LogP contribution in [0.1, 0.15) is 42.8 Å². The number of nitrogens with zero attached hydrogens (tertiary/aromatic N) is 1. The third kappa shape index (κ3) is 3.22. The van der Waals surface area contributed by atoms with Gasteiger partial charge in [-0.05, 0) is 34.2 Å². The van der Waals surface area contributed by atoms with E-state index in [9.17, 15) is 0 Å². The highest BCUT2D eigenvalue weighted by atomic mass is 32.1. The highest BCUT2D eigenvalue weighted by Gasteiger charge is 2.15. The van der Waals surface area contributed by atoms with Crippen molar-refractivity contribution in [2.45, 2.75) is 26.2 Å². The van der Waals surface area contributed by atoms with Crippen molar-refractivity contribution in [3.8, 4) is 21.7 Å². The van der Waals surface area contributed by atoms with Crippen molar-refractivity contribution in [2.75, 3.05) is 0 Å². The molecular weight excluding hydrogens is 322 g/mol. The molecule has 0 amide bonds. The molecule has 0 bridgehead atoms. The molecule has 0 radical (unpaired) electrons. The molecule has 0 unspecified atom stereocenters. The molecule has 0 aliphatic carbocycles. The first-order valence-electron chi connectivity index (χ1n) is 13.6. The monoisotopic (exact) mass is 355 g/mol. The lowest BCUT2D eigenvalue weighted by atomic mass is 9.87. The predicted octanol–water partition coefficient (Wildman–Crippen LogP) is 6.93. The van der Waals surface area contributed by atoms with Crippen LogP contribution in [-0.4, -0.2) is 4.98 Å². The minimum Gasteiger partial charge on any atom is -0.236 e. The van der Waals surface area contributed by atoms with Crippen molar-refractivity contribution in [1.82, 2.24) is 4.98 Å². The molecule has 2 heteroatoms. The highest BCUT2D eigenvalue weighted by Crippen LogP contribution is 2.34. The van der Waals surface area contributed by atoms with Crippen molar-refractivity contribution in [2.24, 2.45) is 0 Å². The Kier molecular flexibility index (Phi) is 1.82. The number of hydrogen-bond acceptors (Lipinski definition) is 2. The Morgan fingerprint density at radius 3 is 2.12 bits per heavy atom. The van der Waals surface area contributed by atoms with Crippen LogP contribution in [0, 0.1) is 0 Å². The number of hydrogen-bond donors (Lipinski definition) is 0. The number of aromatic nitrogens is 1. The van der Waals surface area contributed by atoms with Gasteiger partial charge in [-0.25, -0.2) is 4.98 Å². The lowest BCUT2D eigenvalue weighted by molar-refractivity contribution is 0.591. The summed E-state index contributed by atoms with van der Waals surface area (Å²) in [6, 6.07) is -5.87. The van der Waals surface area contributed by atoms with Gasteiger partial charge in [-0.3, -0.25) is 0 Å². The molecular formula is C23H21NS. The quantitative estimate of drug-likeness (QED) is 0.380.